The van der Waals surface area contributed by atoms with Crippen LogP contribution in [-0.2, 0) is 25.7 Å². The third-order valence-electron chi connectivity index (χ3n) is 22.8. The van der Waals surface area contributed by atoms with E-state index in [-0.39, 0.29) is 21.7 Å². The average molecular weight is 1550 g/mol. The van der Waals surface area contributed by atoms with Crippen LogP contribution in [0.4, 0.5) is 0 Å². The lowest BCUT2D eigenvalue weighted by Gasteiger charge is -2.61. The first-order valence-corrected chi connectivity index (χ1v) is 47.2. The number of benzene rings is 1. The van der Waals surface area contributed by atoms with Crippen LogP contribution in [-0.4, -0.2) is 0 Å². The lowest BCUT2D eigenvalue weighted by Crippen LogP contribution is -2.49. The lowest BCUT2D eigenvalue weighted by atomic mass is 9.41. The zero-order chi connectivity index (χ0) is 72.1. The molecule has 4 aliphatic rings. The normalized spacial score (nSPS) is 17.3. The van der Waals surface area contributed by atoms with E-state index in [1.165, 1.54) is 246 Å². The monoisotopic (exact) mass is 1550 g/mol. The van der Waals surface area contributed by atoms with Gasteiger partial charge in [-0.05, 0) is 225 Å². The van der Waals surface area contributed by atoms with E-state index >= 15 is 0 Å². The number of unbranched alkanes of at least 4 members (excludes halogenated alkanes) is 12. The summed E-state index contributed by atoms with van der Waals surface area (Å²) in [4.78, 5) is 25.5. The van der Waals surface area contributed by atoms with E-state index in [9.17, 15) is 0 Å². The average Bonchev–Trinajstić information content (AvgIpc) is 0.878. The van der Waals surface area contributed by atoms with E-state index in [2.05, 4.69) is 262 Å². The molecule has 1 aromatic carbocycles. The standard InChI is InChI=1S/C94H102S10/c1-13-17-21-25-35-63-65(37-27-23-19-15-3)89(103-87(63)81-49-43-73(99-81)71-39-31-53-95-71)83-51-45-77(101-83)75-41-47-79(97-75)85-69-57-59(91(5,6)7)55-67-61-33-29-30-34-62(61)68-56-60(92(8,9)10)58-70(94(68,12)93(67,69)11)86(85)80-48-42-76(98-80)78-46-52-84(102-78)90-66(38-28-24-20-16-4)64(36-26-22-18-14-2)88(104-90)82-50-44-74(100-82)72-40-32-54-96-72/h29-34,39-58H,13-28,35-38H2,1-12H3/t93-,94-/m0/s1. The number of thiophene rings is 10. The molecular formula is C94H102S10. The molecule has 0 saturated heterocycles. The second-order valence-corrected chi connectivity index (χ2v) is 42.2. The Labute approximate surface area is 662 Å². The summed E-state index contributed by atoms with van der Waals surface area (Å²) in [6.45, 7) is 29.3. The van der Waals surface area contributed by atoms with E-state index in [0.717, 1.165) is 25.7 Å². The van der Waals surface area contributed by atoms with Crippen molar-refractivity contribution < 1.29 is 0 Å². The van der Waals surface area contributed by atoms with Crippen LogP contribution in [0.5, 0.6) is 0 Å². The van der Waals surface area contributed by atoms with Gasteiger partial charge >= 0.3 is 0 Å². The van der Waals surface area contributed by atoms with Crippen molar-refractivity contribution in [1.82, 2.24) is 0 Å². The van der Waals surface area contributed by atoms with E-state index in [0.29, 0.717) is 0 Å². The highest BCUT2D eigenvalue weighted by Crippen LogP contribution is 2.75. The Bertz CT molecular complexity index is 4750. The molecule has 0 spiro atoms. The number of hydrogen-bond donors (Lipinski definition) is 0. The van der Waals surface area contributed by atoms with Crippen LogP contribution in [0, 0.1) is 21.7 Å². The predicted molar refractivity (Wildman–Crippen MR) is 474 cm³/mol. The first-order valence-electron chi connectivity index (χ1n) is 38.9. The van der Waals surface area contributed by atoms with Gasteiger partial charge in [-0.2, -0.15) is 0 Å². The molecule has 0 aliphatic heterocycles. The maximum absolute atomic E-state index is 2.69. The second-order valence-electron chi connectivity index (χ2n) is 31.8. The van der Waals surface area contributed by atoms with Gasteiger partial charge in [0, 0.05) is 110 Å². The second kappa shape index (κ2) is 31.3. The lowest BCUT2D eigenvalue weighted by molar-refractivity contribution is 0.301. The molecule has 0 saturated carbocycles. The molecule has 104 heavy (non-hydrogen) atoms. The van der Waals surface area contributed by atoms with Crippen molar-refractivity contribution in [2.24, 2.45) is 21.7 Å². The minimum absolute atomic E-state index is 0.0947. The summed E-state index contributed by atoms with van der Waals surface area (Å²) in [6.07, 6.45) is 35.6. The van der Waals surface area contributed by atoms with Crippen LogP contribution in [0.15, 0.2) is 179 Å². The van der Waals surface area contributed by atoms with Gasteiger partial charge in [0.05, 0.1) is 0 Å². The van der Waals surface area contributed by atoms with Crippen LogP contribution in [0.1, 0.15) is 229 Å². The smallest absolute Gasteiger partial charge is 0.0484 e. The molecular weight excluding hydrogens is 1450 g/mol. The quantitative estimate of drug-likeness (QED) is 0.0394. The molecule has 0 nitrogen and oxygen atoms in total. The van der Waals surface area contributed by atoms with Gasteiger partial charge < -0.3 is 0 Å². The Morgan fingerprint density at radius 2 is 0.558 bits per heavy atom. The summed E-state index contributed by atoms with van der Waals surface area (Å²) in [7, 11) is 0. The van der Waals surface area contributed by atoms with Crippen molar-refractivity contribution in [3.63, 3.8) is 0 Å². The molecule has 10 aromatic heterocycles. The fourth-order valence-corrected chi connectivity index (χ4v) is 28.1. The molecule has 2 atom stereocenters. The predicted octanol–water partition coefficient (Wildman–Crippen LogP) is 33.8. The highest BCUT2D eigenvalue weighted by Gasteiger charge is 2.62. The van der Waals surface area contributed by atoms with Crippen molar-refractivity contribution in [1.29, 1.82) is 0 Å². The third kappa shape index (κ3) is 14.1. The highest BCUT2D eigenvalue weighted by molar-refractivity contribution is 7.31. The van der Waals surface area contributed by atoms with Crippen LogP contribution in [0.25, 0.3) is 100 Å². The number of fused-ring (bicyclic) bond motifs is 3. The molecule has 0 radical (unpaired) electrons. The van der Waals surface area contributed by atoms with Gasteiger partial charge in [0.25, 0.3) is 0 Å². The fourth-order valence-electron chi connectivity index (χ4n) is 16.8. The van der Waals surface area contributed by atoms with Gasteiger partial charge in [0.1, 0.15) is 0 Å². The Balaban J connectivity index is 0.881. The van der Waals surface area contributed by atoms with Gasteiger partial charge in [0.2, 0.25) is 0 Å². The van der Waals surface area contributed by atoms with E-state index < -0.39 is 0 Å². The zero-order valence-corrected chi connectivity index (χ0v) is 71.4. The molecule has 0 unspecified atom stereocenters. The zero-order valence-electron chi connectivity index (χ0n) is 63.2. The van der Waals surface area contributed by atoms with Crippen LogP contribution in [0.3, 0.4) is 0 Å². The maximum Gasteiger partial charge on any atom is 0.0484 e. The summed E-state index contributed by atoms with van der Waals surface area (Å²) >= 11 is 20.0. The van der Waals surface area contributed by atoms with Gasteiger partial charge in [-0.1, -0.05) is 221 Å². The molecule has 538 valence electrons. The molecule has 10 heteroatoms. The number of allylic oxidation sites excluding steroid dienone is 12. The van der Waals surface area contributed by atoms with Crippen molar-refractivity contribution in [3.05, 3.63) is 222 Å². The van der Waals surface area contributed by atoms with E-state index in [4.69, 9.17) is 0 Å². The van der Waals surface area contributed by atoms with Crippen molar-refractivity contribution in [2.45, 2.75) is 212 Å². The van der Waals surface area contributed by atoms with Crippen LogP contribution in [0.2, 0.25) is 0 Å². The van der Waals surface area contributed by atoms with Crippen molar-refractivity contribution >= 4 is 136 Å². The minimum Gasteiger partial charge on any atom is -0.143 e. The first kappa shape index (κ1) is 74.1. The maximum atomic E-state index is 2.69. The van der Waals surface area contributed by atoms with E-state index in [1.54, 1.807) is 22.3 Å². The summed E-state index contributed by atoms with van der Waals surface area (Å²) in [5.74, 6) is 0. The van der Waals surface area contributed by atoms with Gasteiger partial charge in [-0.15, -0.1) is 113 Å². The summed E-state index contributed by atoms with van der Waals surface area (Å²) in [5.41, 5.74) is 19.8. The van der Waals surface area contributed by atoms with Crippen molar-refractivity contribution in [3.8, 4) is 78.0 Å². The minimum atomic E-state index is -0.387. The summed E-state index contributed by atoms with van der Waals surface area (Å²) < 4.78 is 0. The van der Waals surface area contributed by atoms with Crippen molar-refractivity contribution in [2.75, 3.05) is 0 Å². The highest BCUT2D eigenvalue weighted by atomic mass is 32.1. The Hall–Kier alpha value is -5.34. The van der Waals surface area contributed by atoms with Gasteiger partial charge in [-0.25, -0.2) is 0 Å². The molecule has 0 amide bonds. The largest absolute Gasteiger partial charge is 0.143 e. The number of rotatable bonds is 30. The van der Waals surface area contributed by atoms with Crippen LogP contribution < -0.4 is 0 Å². The molecule has 0 bridgehead atoms. The molecule has 11 aromatic rings. The number of hydrogen-bond acceptors (Lipinski definition) is 10. The Morgan fingerprint density at radius 3 is 0.837 bits per heavy atom. The molecule has 15 rings (SSSR count). The van der Waals surface area contributed by atoms with Gasteiger partial charge in [0.15, 0.2) is 0 Å². The first-order chi connectivity index (χ1) is 50.4. The molecule has 4 aliphatic carbocycles. The van der Waals surface area contributed by atoms with Crippen LogP contribution >= 0.6 is 113 Å². The third-order valence-corrected chi connectivity index (χ3v) is 35.1. The Morgan fingerprint density at radius 1 is 0.279 bits per heavy atom. The van der Waals surface area contributed by atoms with Gasteiger partial charge in [-0.3, -0.25) is 0 Å². The van der Waals surface area contributed by atoms with E-state index in [1.807, 2.05) is 90.7 Å². The SMILES string of the molecule is CCCCCCc1c(-c2ccc(-c3cccs3)s2)sc(-c2ccc(-c3ccc(C4=C5C=C(C(C)(C)C)C=C6c7ccccc7C7=CC(C(C)(C)C)=CC(=C4c4ccc(-c8ccc(-c9sc(-c%10ccc(-c%11cccs%11)s%10)c(CCCCCC)c9CCCCCC)s8)s4)[C@@]7(C)[C@@]65C)s3)s2)c1CCCCCC. The summed E-state index contributed by atoms with van der Waals surface area (Å²) in [6, 6.07) is 48.1. The molecule has 0 fully saturated rings. The Kier molecular flexibility index (Phi) is 22.3. The fraction of sp³-hybridized carbons (Fsp3) is 0.383. The molecule has 10 heterocycles. The topological polar surface area (TPSA) is 0 Å². The summed E-state index contributed by atoms with van der Waals surface area (Å²) in [5, 5.41) is 4.44. The molecule has 0 N–H and O–H groups in total.